The van der Waals surface area contributed by atoms with E-state index >= 15 is 0 Å². The molecule has 34 heavy (non-hydrogen) atoms. The van der Waals surface area contributed by atoms with Crippen LogP contribution >= 0.6 is 11.3 Å². The molecule has 178 valence electrons. The van der Waals surface area contributed by atoms with Gasteiger partial charge in [0.25, 0.3) is 5.91 Å². The number of hydrogen-bond acceptors (Lipinski definition) is 4. The van der Waals surface area contributed by atoms with Crippen molar-refractivity contribution in [2.75, 3.05) is 0 Å². The van der Waals surface area contributed by atoms with Gasteiger partial charge >= 0.3 is 0 Å². The molecule has 6 heteroatoms. The van der Waals surface area contributed by atoms with Gasteiger partial charge in [0.05, 0.1) is 6.54 Å². The Morgan fingerprint density at radius 2 is 1.74 bits per heavy atom. The molecule has 0 saturated heterocycles. The van der Waals surface area contributed by atoms with Crippen LogP contribution in [0.25, 0.3) is 0 Å². The Labute approximate surface area is 206 Å². The first-order valence-electron chi connectivity index (χ1n) is 12.2. The number of rotatable bonds is 8. The number of amides is 2. The number of nitrogens with zero attached hydrogens (tertiary/aromatic N) is 2. The first-order chi connectivity index (χ1) is 16.5. The van der Waals surface area contributed by atoms with Gasteiger partial charge in [-0.25, -0.2) is 0 Å². The lowest BCUT2D eigenvalue weighted by Gasteiger charge is -2.33. The average Bonchev–Trinajstić information content (AvgIpc) is 3.38. The molecule has 1 N–H and O–H groups in total. The number of thiophene rings is 1. The Bertz CT molecular complexity index is 1060. The van der Waals surface area contributed by atoms with Crippen LogP contribution in [-0.2, 0) is 11.3 Å². The molecule has 4 rings (SSSR count). The summed E-state index contributed by atoms with van der Waals surface area (Å²) in [5.41, 5.74) is 2.36. The molecule has 1 fully saturated rings. The van der Waals surface area contributed by atoms with Crippen LogP contribution in [0.15, 0.2) is 66.2 Å². The quantitative estimate of drug-likeness (QED) is 0.428. The summed E-state index contributed by atoms with van der Waals surface area (Å²) < 4.78 is 0. The number of nitrogens with one attached hydrogen (secondary N) is 1. The van der Waals surface area contributed by atoms with Gasteiger partial charge in [-0.1, -0.05) is 69.5 Å². The number of pyridine rings is 1. The lowest BCUT2D eigenvalue weighted by molar-refractivity contribution is -0.127. The first kappa shape index (κ1) is 24.1. The monoisotopic (exact) mass is 475 g/mol. The van der Waals surface area contributed by atoms with Crippen LogP contribution in [0.2, 0.25) is 0 Å². The Hall–Kier alpha value is -2.99. The zero-order chi connectivity index (χ0) is 23.9. The lowest BCUT2D eigenvalue weighted by Crippen LogP contribution is -2.47. The van der Waals surface area contributed by atoms with Gasteiger partial charge in [-0.05, 0) is 53.5 Å². The molecule has 2 amide bonds. The number of carbonyl (C=O) groups is 2. The van der Waals surface area contributed by atoms with Crippen LogP contribution in [0.5, 0.6) is 0 Å². The summed E-state index contributed by atoms with van der Waals surface area (Å²) in [7, 11) is 0. The van der Waals surface area contributed by atoms with Gasteiger partial charge in [0, 0.05) is 17.1 Å². The Balaban J connectivity index is 1.72. The number of carbonyl (C=O) groups excluding carboxylic acids is 2. The first-order valence-corrected chi connectivity index (χ1v) is 13.1. The van der Waals surface area contributed by atoms with Gasteiger partial charge in [0.2, 0.25) is 5.91 Å². The van der Waals surface area contributed by atoms with E-state index in [0.717, 1.165) is 36.1 Å². The van der Waals surface area contributed by atoms with Gasteiger partial charge in [0.15, 0.2) is 0 Å². The molecule has 0 spiro atoms. The van der Waals surface area contributed by atoms with Crippen molar-refractivity contribution in [3.05, 3.63) is 87.9 Å². The van der Waals surface area contributed by atoms with Gasteiger partial charge in [-0.3, -0.25) is 14.6 Å². The van der Waals surface area contributed by atoms with E-state index in [4.69, 9.17) is 0 Å². The molecule has 1 aliphatic carbocycles. The van der Waals surface area contributed by atoms with Crippen LogP contribution in [0, 0.1) is 0 Å². The second-order valence-corrected chi connectivity index (χ2v) is 10.3. The van der Waals surface area contributed by atoms with Crippen molar-refractivity contribution in [1.29, 1.82) is 0 Å². The van der Waals surface area contributed by atoms with Crippen molar-refractivity contribution in [3.8, 4) is 0 Å². The Morgan fingerprint density at radius 3 is 2.35 bits per heavy atom. The van der Waals surface area contributed by atoms with Gasteiger partial charge in [-0.2, -0.15) is 0 Å². The van der Waals surface area contributed by atoms with Crippen molar-refractivity contribution in [1.82, 2.24) is 15.2 Å². The fraction of sp³-hybridized carbons (Fsp3) is 0.393. The molecule has 1 saturated carbocycles. The van der Waals surface area contributed by atoms with E-state index in [1.165, 1.54) is 12.0 Å². The highest BCUT2D eigenvalue weighted by Gasteiger charge is 2.34. The van der Waals surface area contributed by atoms with Gasteiger partial charge in [-0.15, -0.1) is 11.3 Å². The van der Waals surface area contributed by atoms with E-state index in [1.54, 1.807) is 40.6 Å². The fourth-order valence-corrected chi connectivity index (χ4v) is 5.25. The summed E-state index contributed by atoms with van der Waals surface area (Å²) in [4.78, 5) is 34.6. The van der Waals surface area contributed by atoms with Crippen molar-refractivity contribution >= 4 is 23.2 Å². The van der Waals surface area contributed by atoms with Crippen LogP contribution in [-0.4, -0.2) is 27.7 Å². The zero-order valence-electron chi connectivity index (χ0n) is 19.9. The normalized spacial score (nSPS) is 15.1. The molecule has 1 aliphatic rings. The molecule has 1 atom stereocenters. The number of aromatic nitrogens is 1. The van der Waals surface area contributed by atoms with Gasteiger partial charge in [0.1, 0.15) is 11.7 Å². The van der Waals surface area contributed by atoms with Crippen molar-refractivity contribution in [3.63, 3.8) is 0 Å². The van der Waals surface area contributed by atoms with E-state index in [0.29, 0.717) is 18.2 Å². The zero-order valence-corrected chi connectivity index (χ0v) is 20.8. The lowest BCUT2D eigenvalue weighted by atomic mass is 9.94. The average molecular weight is 476 g/mol. The minimum Gasteiger partial charge on any atom is -0.351 e. The summed E-state index contributed by atoms with van der Waals surface area (Å²) in [5, 5.41) is 5.26. The van der Waals surface area contributed by atoms with E-state index in [1.807, 2.05) is 29.6 Å². The molecule has 2 heterocycles. The van der Waals surface area contributed by atoms with E-state index in [2.05, 4.69) is 36.3 Å². The van der Waals surface area contributed by atoms with Crippen LogP contribution in [0.3, 0.4) is 0 Å². The summed E-state index contributed by atoms with van der Waals surface area (Å²) >= 11 is 1.58. The maximum absolute atomic E-state index is 13.8. The number of hydrogen-bond donors (Lipinski definition) is 1. The molecule has 2 aromatic heterocycles. The maximum atomic E-state index is 13.8. The van der Waals surface area contributed by atoms with E-state index in [9.17, 15) is 9.59 Å². The molecular weight excluding hydrogens is 442 g/mol. The predicted molar refractivity (Wildman–Crippen MR) is 137 cm³/mol. The highest BCUT2D eigenvalue weighted by Crippen LogP contribution is 2.29. The molecule has 1 aromatic carbocycles. The molecule has 3 aromatic rings. The van der Waals surface area contributed by atoms with Crippen molar-refractivity contribution < 1.29 is 9.59 Å². The molecule has 0 unspecified atom stereocenters. The van der Waals surface area contributed by atoms with Crippen LogP contribution < -0.4 is 5.32 Å². The fourth-order valence-electron chi connectivity index (χ4n) is 4.55. The number of benzene rings is 1. The Kier molecular flexibility index (Phi) is 8.12. The van der Waals surface area contributed by atoms with Crippen LogP contribution in [0.4, 0.5) is 0 Å². The summed E-state index contributed by atoms with van der Waals surface area (Å²) in [6.07, 6.45) is 7.07. The minimum atomic E-state index is -0.736. The van der Waals surface area contributed by atoms with E-state index in [-0.39, 0.29) is 17.9 Å². The van der Waals surface area contributed by atoms with E-state index < -0.39 is 6.04 Å². The van der Waals surface area contributed by atoms with Crippen molar-refractivity contribution in [2.45, 2.75) is 70.5 Å². The SMILES string of the molecule is CC(C)c1ccc([C@@H](C(=O)NC2CCCCC2)N(Cc2cccs2)C(=O)c2ccccn2)cc1. The van der Waals surface area contributed by atoms with Crippen LogP contribution in [0.1, 0.15) is 84.4 Å². The second-order valence-electron chi connectivity index (χ2n) is 9.29. The van der Waals surface area contributed by atoms with Crippen molar-refractivity contribution in [2.24, 2.45) is 0 Å². The maximum Gasteiger partial charge on any atom is 0.273 e. The largest absolute Gasteiger partial charge is 0.351 e. The highest BCUT2D eigenvalue weighted by molar-refractivity contribution is 7.09. The smallest absolute Gasteiger partial charge is 0.273 e. The second kappa shape index (κ2) is 11.4. The Morgan fingerprint density at radius 1 is 1.00 bits per heavy atom. The highest BCUT2D eigenvalue weighted by atomic mass is 32.1. The minimum absolute atomic E-state index is 0.120. The third-order valence-corrected chi connectivity index (χ3v) is 7.34. The summed E-state index contributed by atoms with van der Waals surface area (Å²) in [6, 6.07) is 16.8. The van der Waals surface area contributed by atoms with Gasteiger partial charge < -0.3 is 10.2 Å². The predicted octanol–water partition coefficient (Wildman–Crippen LogP) is 6.10. The molecular formula is C28H33N3O2S. The molecule has 5 nitrogen and oxygen atoms in total. The third-order valence-electron chi connectivity index (χ3n) is 6.48. The standard InChI is InChI=1S/C28H33N3O2S/c1-20(2)21-13-15-22(16-14-21)26(27(32)30-23-9-4-3-5-10-23)31(19-24-11-8-18-34-24)28(33)25-12-6-7-17-29-25/h6-8,11-18,20,23,26H,3-5,9-10,19H2,1-2H3,(H,30,32)/t26-/m0/s1. The topological polar surface area (TPSA) is 62.3 Å². The molecule has 0 aliphatic heterocycles. The molecule has 0 bridgehead atoms. The third kappa shape index (κ3) is 5.92. The summed E-state index contributed by atoms with van der Waals surface area (Å²) in [5.74, 6) is 0.0247. The summed E-state index contributed by atoms with van der Waals surface area (Å²) in [6.45, 7) is 4.65. The molecule has 0 radical (unpaired) electrons.